The summed E-state index contributed by atoms with van der Waals surface area (Å²) in [5.41, 5.74) is 11.3. The van der Waals surface area contributed by atoms with Gasteiger partial charge in [0.1, 0.15) is 11.3 Å². The Morgan fingerprint density at radius 2 is 2.10 bits per heavy atom. The monoisotopic (exact) mass is 445 g/mol. The molecule has 0 aliphatic carbocycles. The van der Waals surface area contributed by atoms with Gasteiger partial charge in [-0.05, 0) is 32.4 Å². The van der Waals surface area contributed by atoms with Crippen LogP contribution < -0.4 is 16.2 Å². The topological polar surface area (TPSA) is 137 Å². The number of aromatic carboxylic acids is 1. The smallest absolute Gasteiger partial charge is 0.339 e. The molecule has 0 amide bonds. The first-order valence-corrected chi connectivity index (χ1v) is 10.3. The van der Waals surface area contributed by atoms with Gasteiger partial charge in [0.25, 0.3) is 0 Å². The van der Waals surface area contributed by atoms with Crippen molar-refractivity contribution in [2.75, 3.05) is 52.2 Å². The Labute approximate surface area is 182 Å². The third kappa shape index (κ3) is 9.17. The van der Waals surface area contributed by atoms with E-state index in [1.54, 1.807) is 0 Å². The lowest BCUT2D eigenvalue weighted by molar-refractivity contribution is -0.143. The quantitative estimate of drug-likeness (QED) is 0.296. The van der Waals surface area contributed by atoms with Gasteiger partial charge in [0.05, 0.1) is 37.1 Å². The van der Waals surface area contributed by atoms with Gasteiger partial charge in [-0.15, -0.1) is 0 Å². The van der Waals surface area contributed by atoms with Crippen LogP contribution in [-0.4, -0.2) is 74.6 Å². The second kappa shape index (κ2) is 14.0. The second-order valence-corrected chi connectivity index (χ2v) is 7.08. The van der Waals surface area contributed by atoms with Crippen molar-refractivity contribution in [3.63, 3.8) is 0 Å². The molecule has 1 aliphatic rings. The van der Waals surface area contributed by atoms with Gasteiger partial charge < -0.3 is 30.8 Å². The zero-order valence-corrected chi connectivity index (χ0v) is 18.3. The lowest BCUT2D eigenvalue weighted by Crippen LogP contribution is -2.45. The van der Waals surface area contributed by atoms with Crippen molar-refractivity contribution in [1.82, 2.24) is 4.90 Å². The lowest BCUT2D eigenvalue weighted by atomic mass is 10.2. The Hall–Kier alpha value is -2.07. The number of unbranched alkanes of at least 4 members (excludes halogenated alkanes) is 1. The van der Waals surface area contributed by atoms with Crippen molar-refractivity contribution in [3.8, 4) is 5.75 Å². The molecule has 1 unspecified atom stereocenters. The van der Waals surface area contributed by atoms with E-state index >= 15 is 0 Å². The van der Waals surface area contributed by atoms with Crippen LogP contribution in [0.15, 0.2) is 12.1 Å². The average molecular weight is 446 g/mol. The van der Waals surface area contributed by atoms with Gasteiger partial charge in [0.15, 0.2) is 0 Å². The number of carbonyl (C=O) groups excluding carboxylic acids is 1. The average Bonchev–Trinajstić information content (AvgIpc) is 2.73. The number of carboxylic acid groups (broad SMARTS) is 1. The minimum Gasteiger partial charge on any atom is -0.496 e. The summed E-state index contributed by atoms with van der Waals surface area (Å²) in [4.78, 5) is 24.1. The highest BCUT2D eigenvalue weighted by Gasteiger charge is 2.18. The van der Waals surface area contributed by atoms with Crippen LogP contribution in [0.2, 0.25) is 5.02 Å². The van der Waals surface area contributed by atoms with E-state index in [-0.39, 0.29) is 28.4 Å². The lowest BCUT2D eigenvalue weighted by Gasteiger charge is -2.32. The Balaban J connectivity index is 0.000000311. The van der Waals surface area contributed by atoms with Crippen LogP contribution in [0.5, 0.6) is 5.75 Å². The van der Waals surface area contributed by atoms with Crippen LogP contribution >= 0.6 is 11.6 Å². The van der Waals surface area contributed by atoms with E-state index in [0.29, 0.717) is 25.3 Å². The molecule has 9 nitrogen and oxygen atoms in total. The summed E-state index contributed by atoms with van der Waals surface area (Å²) in [6.07, 6.45) is 2.62. The molecule has 1 aromatic rings. The van der Waals surface area contributed by atoms with E-state index in [1.807, 2.05) is 6.92 Å². The molecule has 0 saturated carbocycles. The predicted octanol–water partition coefficient (Wildman–Crippen LogP) is 2.01. The van der Waals surface area contributed by atoms with E-state index < -0.39 is 5.97 Å². The maximum absolute atomic E-state index is 11.1. The third-order valence-electron chi connectivity index (χ3n) is 4.45. The molecule has 0 aromatic heterocycles. The number of benzene rings is 1. The molecule has 1 heterocycles. The SMILES string of the molecule is CCOC(=O)CCCCN1CCOC(CN)C1.COc1cc(N)c(Cl)cc1C(=O)O. The van der Waals surface area contributed by atoms with Gasteiger partial charge in [0.2, 0.25) is 0 Å². The van der Waals surface area contributed by atoms with Crippen molar-refractivity contribution >= 4 is 29.2 Å². The van der Waals surface area contributed by atoms with Crippen LogP contribution in [0.1, 0.15) is 36.5 Å². The normalized spacial score (nSPS) is 16.3. The Bertz CT molecular complexity index is 689. The molecule has 30 heavy (non-hydrogen) atoms. The minimum atomic E-state index is -1.10. The summed E-state index contributed by atoms with van der Waals surface area (Å²) in [6, 6.07) is 2.64. The van der Waals surface area contributed by atoms with Crippen LogP contribution in [0.4, 0.5) is 5.69 Å². The largest absolute Gasteiger partial charge is 0.496 e. The number of hydrogen-bond donors (Lipinski definition) is 3. The molecule has 0 radical (unpaired) electrons. The van der Waals surface area contributed by atoms with Crippen molar-refractivity contribution in [3.05, 3.63) is 22.7 Å². The first-order chi connectivity index (χ1) is 14.3. The zero-order valence-electron chi connectivity index (χ0n) is 17.6. The van der Waals surface area contributed by atoms with E-state index in [0.717, 1.165) is 39.1 Å². The molecule has 170 valence electrons. The molecule has 5 N–H and O–H groups in total. The third-order valence-corrected chi connectivity index (χ3v) is 4.77. The summed E-state index contributed by atoms with van der Waals surface area (Å²) in [7, 11) is 1.37. The second-order valence-electron chi connectivity index (χ2n) is 6.67. The number of nitrogens with two attached hydrogens (primary N) is 2. The molecule has 1 aliphatic heterocycles. The van der Waals surface area contributed by atoms with Crippen LogP contribution in [-0.2, 0) is 14.3 Å². The molecule has 1 fully saturated rings. The number of carboxylic acids is 1. The number of esters is 1. The Morgan fingerprint density at radius 3 is 2.70 bits per heavy atom. The molecule has 1 aromatic carbocycles. The fourth-order valence-corrected chi connectivity index (χ4v) is 3.03. The number of carbonyl (C=O) groups is 2. The van der Waals surface area contributed by atoms with Gasteiger partial charge in [-0.2, -0.15) is 0 Å². The molecule has 1 saturated heterocycles. The van der Waals surface area contributed by atoms with E-state index in [9.17, 15) is 9.59 Å². The number of anilines is 1. The number of rotatable bonds is 9. The Kier molecular flexibility index (Phi) is 12.1. The maximum atomic E-state index is 11.1. The maximum Gasteiger partial charge on any atom is 0.339 e. The fraction of sp³-hybridized carbons (Fsp3) is 0.600. The van der Waals surface area contributed by atoms with Crippen LogP contribution in [0.3, 0.4) is 0 Å². The summed E-state index contributed by atoms with van der Waals surface area (Å²) >= 11 is 5.64. The first-order valence-electron chi connectivity index (χ1n) is 9.88. The summed E-state index contributed by atoms with van der Waals surface area (Å²) in [5.74, 6) is -0.984. The standard InChI is InChI=1S/C12H24N2O3.C8H8ClNO3/c1-2-16-12(15)5-3-4-6-14-7-8-17-11(9-13)10-14;1-13-7-3-6(10)5(9)2-4(7)8(11)12/h11H,2-10,13H2,1H3;2-3H,10H2,1H3,(H,11,12). The summed E-state index contributed by atoms with van der Waals surface area (Å²) in [6.45, 7) is 6.54. The van der Waals surface area contributed by atoms with E-state index in [2.05, 4.69) is 4.90 Å². The van der Waals surface area contributed by atoms with Crippen molar-refractivity contribution < 1.29 is 28.9 Å². The first kappa shape index (κ1) is 26.0. The molecule has 1 atom stereocenters. The molecular weight excluding hydrogens is 414 g/mol. The molecule has 10 heteroatoms. The highest BCUT2D eigenvalue weighted by atomic mass is 35.5. The molecule has 0 spiro atoms. The number of nitrogens with zero attached hydrogens (tertiary/aromatic N) is 1. The molecule has 0 bridgehead atoms. The van der Waals surface area contributed by atoms with Crippen LogP contribution in [0, 0.1) is 0 Å². The number of morpholine rings is 1. The zero-order chi connectivity index (χ0) is 22.5. The number of nitrogen functional groups attached to an aromatic ring is 1. The van der Waals surface area contributed by atoms with Gasteiger partial charge in [-0.3, -0.25) is 9.69 Å². The molecule has 2 rings (SSSR count). The highest BCUT2D eigenvalue weighted by molar-refractivity contribution is 6.33. The Morgan fingerprint density at radius 1 is 1.37 bits per heavy atom. The summed E-state index contributed by atoms with van der Waals surface area (Å²) < 4.78 is 15.2. The number of halogens is 1. The number of methoxy groups -OCH3 is 1. The number of hydrogen-bond acceptors (Lipinski definition) is 8. The van der Waals surface area contributed by atoms with Crippen molar-refractivity contribution in [2.45, 2.75) is 32.3 Å². The predicted molar refractivity (Wildman–Crippen MR) is 115 cm³/mol. The summed E-state index contributed by atoms with van der Waals surface area (Å²) in [5, 5.41) is 8.94. The highest BCUT2D eigenvalue weighted by Crippen LogP contribution is 2.28. The van der Waals surface area contributed by atoms with Gasteiger partial charge in [0, 0.05) is 32.1 Å². The van der Waals surface area contributed by atoms with Gasteiger partial charge >= 0.3 is 11.9 Å². The number of ether oxygens (including phenoxy) is 3. The van der Waals surface area contributed by atoms with Crippen molar-refractivity contribution in [1.29, 1.82) is 0 Å². The van der Waals surface area contributed by atoms with E-state index in [4.69, 9.17) is 42.4 Å². The van der Waals surface area contributed by atoms with Crippen molar-refractivity contribution in [2.24, 2.45) is 5.73 Å². The molecular formula is C20H32ClN3O6. The minimum absolute atomic E-state index is 0.00157. The van der Waals surface area contributed by atoms with E-state index in [1.165, 1.54) is 19.2 Å². The van der Waals surface area contributed by atoms with Gasteiger partial charge in [-0.1, -0.05) is 11.6 Å². The van der Waals surface area contributed by atoms with Crippen LogP contribution in [0.25, 0.3) is 0 Å². The van der Waals surface area contributed by atoms with Gasteiger partial charge in [-0.25, -0.2) is 4.79 Å². The fourth-order valence-electron chi connectivity index (χ4n) is 2.87.